The van der Waals surface area contributed by atoms with E-state index in [-0.39, 0.29) is 0 Å². The van der Waals surface area contributed by atoms with E-state index in [9.17, 15) is 0 Å². The number of methoxy groups -OCH3 is 1. The van der Waals surface area contributed by atoms with E-state index < -0.39 is 0 Å². The van der Waals surface area contributed by atoms with Crippen molar-refractivity contribution in [2.24, 2.45) is 0 Å². The highest BCUT2D eigenvalue weighted by Crippen LogP contribution is 2.23. The quantitative estimate of drug-likeness (QED) is 0.644. The predicted molar refractivity (Wildman–Crippen MR) is 100 cm³/mol. The Bertz CT molecular complexity index is 837. The molecular weight excluding hydrogens is 368 g/mol. The van der Waals surface area contributed by atoms with Gasteiger partial charge in [-0.05, 0) is 43.3 Å². The van der Waals surface area contributed by atoms with Crippen LogP contribution in [0, 0.1) is 6.92 Å². The van der Waals surface area contributed by atoms with E-state index in [0.29, 0.717) is 5.82 Å². The Kier molecular flexibility index (Phi) is 4.96. The van der Waals surface area contributed by atoms with Gasteiger partial charge in [-0.3, -0.25) is 0 Å². The number of anilines is 4. The first kappa shape index (κ1) is 16.3. The van der Waals surface area contributed by atoms with Crippen LogP contribution < -0.4 is 15.4 Å². The Hall–Kier alpha value is -2.60. The smallest absolute Gasteiger partial charge is 0.136 e. The van der Waals surface area contributed by atoms with Gasteiger partial charge in [-0.2, -0.15) is 0 Å². The summed E-state index contributed by atoms with van der Waals surface area (Å²) in [6.07, 6.45) is 0. The number of nitrogens with one attached hydrogen (secondary N) is 2. The molecule has 0 bridgehead atoms. The zero-order chi connectivity index (χ0) is 16.9. The van der Waals surface area contributed by atoms with Crippen molar-refractivity contribution in [2.45, 2.75) is 6.92 Å². The van der Waals surface area contributed by atoms with Crippen LogP contribution in [0.2, 0.25) is 0 Å². The first-order valence-electron chi connectivity index (χ1n) is 7.42. The second-order valence-corrected chi connectivity index (χ2v) is 6.09. The van der Waals surface area contributed by atoms with Crippen LogP contribution >= 0.6 is 15.9 Å². The monoisotopic (exact) mass is 384 g/mol. The molecule has 3 rings (SSSR count). The molecule has 0 radical (unpaired) electrons. The van der Waals surface area contributed by atoms with E-state index in [1.54, 1.807) is 7.11 Å². The van der Waals surface area contributed by atoms with Crippen molar-refractivity contribution in [3.05, 3.63) is 64.9 Å². The van der Waals surface area contributed by atoms with Gasteiger partial charge in [0.2, 0.25) is 0 Å². The van der Waals surface area contributed by atoms with Crippen LogP contribution in [-0.4, -0.2) is 17.1 Å². The van der Waals surface area contributed by atoms with Gasteiger partial charge in [-0.1, -0.05) is 22.0 Å². The van der Waals surface area contributed by atoms with Crippen LogP contribution in [-0.2, 0) is 0 Å². The molecule has 0 fully saturated rings. The average molecular weight is 385 g/mol. The lowest BCUT2D eigenvalue weighted by atomic mass is 10.3. The Balaban J connectivity index is 1.81. The fourth-order valence-corrected chi connectivity index (χ4v) is 2.49. The van der Waals surface area contributed by atoms with Gasteiger partial charge in [0.1, 0.15) is 23.2 Å². The van der Waals surface area contributed by atoms with Gasteiger partial charge in [0.25, 0.3) is 0 Å². The first-order chi connectivity index (χ1) is 11.6. The summed E-state index contributed by atoms with van der Waals surface area (Å²) in [6.45, 7) is 1.86. The molecule has 0 aliphatic carbocycles. The van der Waals surface area contributed by atoms with E-state index in [4.69, 9.17) is 4.74 Å². The van der Waals surface area contributed by atoms with Crippen LogP contribution in [0.3, 0.4) is 0 Å². The van der Waals surface area contributed by atoms with E-state index in [0.717, 1.165) is 33.2 Å². The van der Waals surface area contributed by atoms with Crippen molar-refractivity contribution in [3.63, 3.8) is 0 Å². The summed E-state index contributed by atoms with van der Waals surface area (Å²) >= 11 is 3.43. The van der Waals surface area contributed by atoms with Gasteiger partial charge in [0.05, 0.1) is 7.11 Å². The summed E-state index contributed by atoms with van der Waals surface area (Å²) in [5.74, 6) is 2.92. The zero-order valence-corrected chi connectivity index (χ0v) is 15.0. The standard InChI is InChI=1S/C18H17BrN4O/c1-12-20-17(22-14-8-6-13(19)7-9-14)11-18(21-12)23-15-4-3-5-16(10-15)24-2/h3-11H,1-2H3,(H2,20,21,22,23). The molecule has 0 saturated heterocycles. The van der Waals surface area contributed by atoms with Crippen LogP contribution in [0.25, 0.3) is 0 Å². The van der Waals surface area contributed by atoms with Gasteiger partial charge < -0.3 is 15.4 Å². The minimum atomic E-state index is 0.683. The Labute approximate surface area is 149 Å². The fraction of sp³-hybridized carbons (Fsp3) is 0.111. The highest BCUT2D eigenvalue weighted by Gasteiger charge is 2.04. The number of aromatic nitrogens is 2. The summed E-state index contributed by atoms with van der Waals surface area (Å²) in [6, 6.07) is 17.5. The summed E-state index contributed by atoms with van der Waals surface area (Å²) < 4.78 is 6.27. The van der Waals surface area contributed by atoms with Crippen molar-refractivity contribution in [1.29, 1.82) is 0 Å². The van der Waals surface area contributed by atoms with Crippen molar-refractivity contribution >= 4 is 38.9 Å². The summed E-state index contributed by atoms with van der Waals surface area (Å²) in [7, 11) is 1.65. The lowest BCUT2D eigenvalue weighted by Gasteiger charge is -2.11. The van der Waals surface area contributed by atoms with Gasteiger partial charge in [-0.25, -0.2) is 9.97 Å². The molecule has 0 aliphatic rings. The van der Waals surface area contributed by atoms with Crippen LogP contribution in [0.1, 0.15) is 5.82 Å². The number of aryl methyl sites for hydroxylation is 1. The molecule has 1 heterocycles. The Morgan fingerprint density at radius 3 is 2.21 bits per heavy atom. The van der Waals surface area contributed by atoms with Gasteiger partial charge >= 0.3 is 0 Å². The number of benzene rings is 2. The minimum absolute atomic E-state index is 0.683. The lowest BCUT2D eigenvalue weighted by Crippen LogP contribution is -2.01. The second kappa shape index (κ2) is 7.31. The maximum atomic E-state index is 5.24. The molecule has 3 aromatic rings. The highest BCUT2D eigenvalue weighted by atomic mass is 79.9. The number of ether oxygens (including phenoxy) is 1. The second-order valence-electron chi connectivity index (χ2n) is 5.17. The zero-order valence-electron chi connectivity index (χ0n) is 13.4. The Morgan fingerprint density at radius 1 is 0.875 bits per heavy atom. The van der Waals surface area contributed by atoms with Gasteiger partial charge in [-0.15, -0.1) is 0 Å². The van der Waals surface area contributed by atoms with E-state index in [1.165, 1.54) is 0 Å². The van der Waals surface area contributed by atoms with E-state index >= 15 is 0 Å². The third-order valence-electron chi connectivity index (χ3n) is 3.30. The molecule has 6 heteroatoms. The SMILES string of the molecule is COc1cccc(Nc2cc(Nc3ccc(Br)cc3)nc(C)n2)c1. The van der Waals surface area contributed by atoms with Crippen molar-refractivity contribution in [1.82, 2.24) is 9.97 Å². The maximum Gasteiger partial charge on any atom is 0.136 e. The molecule has 0 saturated carbocycles. The van der Waals surface area contributed by atoms with Crippen LogP contribution in [0.5, 0.6) is 5.75 Å². The topological polar surface area (TPSA) is 59.1 Å². The number of rotatable bonds is 5. The number of halogens is 1. The van der Waals surface area contributed by atoms with Crippen molar-refractivity contribution < 1.29 is 4.74 Å². The van der Waals surface area contributed by atoms with E-state index in [2.05, 4.69) is 36.5 Å². The third-order valence-corrected chi connectivity index (χ3v) is 3.83. The average Bonchev–Trinajstić information content (AvgIpc) is 2.56. The number of nitrogens with zero attached hydrogens (tertiary/aromatic N) is 2. The molecule has 0 atom stereocenters. The summed E-state index contributed by atoms with van der Waals surface area (Å²) in [5.41, 5.74) is 1.87. The molecule has 0 amide bonds. The minimum Gasteiger partial charge on any atom is -0.497 e. The third kappa shape index (κ3) is 4.23. The fourth-order valence-electron chi connectivity index (χ4n) is 2.23. The molecule has 2 aromatic carbocycles. The highest BCUT2D eigenvalue weighted by molar-refractivity contribution is 9.10. The van der Waals surface area contributed by atoms with Crippen LogP contribution in [0.15, 0.2) is 59.1 Å². The lowest BCUT2D eigenvalue weighted by molar-refractivity contribution is 0.415. The molecule has 24 heavy (non-hydrogen) atoms. The Morgan fingerprint density at radius 2 is 1.54 bits per heavy atom. The number of hydrogen-bond acceptors (Lipinski definition) is 5. The first-order valence-corrected chi connectivity index (χ1v) is 8.21. The van der Waals surface area contributed by atoms with Gasteiger partial charge in [0, 0.05) is 28.0 Å². The molecule has 0 unspecified atom stereocenters. The molecular formula is C18H17BrN4O. The molecule has 1 aromatic heterocycles. The van der Waals surface area contributed by atoms with Crippen molar-refractivity contribution in [2.75, 3.05) is 17.7 Å². The predicted octanol–water partition coefficient (Wildman–Crippen LogP) is 5.04. The summed E-state index contributed by atoms with van der Waals surface area (Å²) in [4.78, 5) is 8.86. The molecule has 2 N–H and O–H groups in total. The van der Waals surface area contributed by atoms with Crippen LogP contribution in [0.4, 0.5) is 23.0 Å². The molecule has 0 spiro atoms. The summed E-state index contributed by atoms with van der Waals surface area (Å²) in [5, 5.41) is 6.56. The molecule has 5 nitrogen and oxygen atoms in total. The normalized spacial score (nSPS) is 10.3. The molecule has 122 valence electrons. The maximum absolute atomic E-state index is 5.24. The molecule has 0 aliphatic heterocycles. The van der Waals surface area contributed by atoms with Crippen molar-refractivity contribution in [3.8, 4) is 5.75 Å². The number of hydrogen-bond donors (Lipinski definition) is 2. The largest absolute Gasteiger partial charge is 0.497 e. The van der Waals surface area contributed by atoms with Gasteiger partial charge in [0.15, 0.2) is 0 Å². The van der Waals surface area contributed by atoms with E-state index in [1.807, 2.05) is 61.5 Å².